The Balaban J connectivity index is 2.64. The van der Waals surface area contributed by atoms with Crippen LogP contribution in [0.5, 0.6) is 0 Å². The molecule has 0 radical (unpaired) electrons. The predicted molar refractivity (Wildman–Crippen MR) is 45.3 cm³/mol. The molecule has 11 heavy (non-hydrogen) atoms. The van der Waals surface area contributed by atoms with Gasteiger partial charge in [-0.3, -0.25) is 0 Å². The molecular formula is C8H15N3. The molecule has 0 heterocycles. The smallest absolute Gasteiger partial charge is 0.0485 e. The Bertz CT molecular complexity index is 164. The molecule has 1 aliphatic carbocycles. The zero-order valence-corrected chi connectivity index (χ0v) is 7.08. The number of hydrogen-bond donors (Lipinski definition) is 0. The SMILES string of the molecule is CCC1(N=[N+]=[N-])CCCCC1. The Hall–Kier alpha value is -0.690. The molecule has 0 aromatic carbocycles. The highest BCUT2D eigenvalue weighted by molar-refractivity contribution is 4.89. The summed E-state index contributed by atoms with van der Waals surface area (Å²) >= 11 is 0. The maximum absolute atomic E-state index is 8.37. The molecule has 0 aliphatic heterocycles. The quantitative estimate of drug-likeness (QED) is 0.331. The summed E-state index contributed by atoms with van der Waals surface area (Å²) < 4.78 is 0. The fourth-order valence-corrected chi connectivity index (χ4v) is 1.83. The highest BCUT2D eigenvalue weighted by Crippen LogP contribution is 2.34. The van der Waals surface area contributed by atoms with Crippen LogP contribution < -0.4 is 0 Å². The van der Waals surface area contributed by atoms with Crippen molar-refractivity contribution in [1.82, 2.24) is 0 Å². The van der Waals surface area contributed by atoms with Gasteiger partial charge in [-0.05, 0) is 24.8 Å². The summed E-state index contributed by atoms with van der Waals surface area (Å²) in [5, 5.41) is 3.91. The van der Waals surface area contributed by atoms with Crippen LogP contribution in [-0.4, -0.2) is 5.54 Å². The van der Waals surface area contributed by atoms with Crippen molar-refractivity contribution in [3.63, 3.8) is 0 Å². The first-order valence-corrected chi connectivity index (χ1v) is 4.39. The first kappa shape index (κ1) is 8.41. The van der Waals surface area contributed by atoms with E-state index in [1.807, 2.05) is 0 Å². The third-order valence-corrected chi connectivity index (χ3v) is 2.70. The van der Waals surface area contributed by atoms with Gasteiger partial charge in [0.15, 0.2) is 0 Å². The predicted octanol–water partition coefficient (Wildman–Crippen LogP) is 3.41. The Labute approximate surface area is 67.4 Å². The zero-order valence-electron chi connectivity index (χ0n) is 7.08. The molecule has 0 atom stereocenters. The summed E-state index contributed by atoms with van der Waals surface area (Å²) in [6.07, 6.45) is 6.95. The molecule has 3 nitrogen and oxygen atoms in total. The summed E-state index contributed by atoms with van der Waals surface area (Å²) in [7, 11) is 0. The van der Waals surface area contributed by atoms with Gasteiger partial charge in [0.05, 0.1) is 0 Å². The number of hydrogen-bond acceptors (Lipinski definition) is 1. The van der Waals surface area contributed by atoms with Gasteiger partial charge in [-0.1, -0.05) is 31.3 Å². The van der Waals surface area contributed by atoms with Crippen molar-refractivity contribution >= 4 is 0 Å². The van der Waals surface area contributed by atoms with Gasteiger partial charge in [0, 0.05) is 10.5 Å². The summed E-state index contributed by atoms with van der Waals surface area (Å²) in [6, 6.07) is 0. The summed E-state index contributed by atoms with van der Waals surface area (Å²) in [5.41, 5.74) is 8.35. The summed E-state index contributed by atoms with van der Waals surface area (Å²) in [6.45, 7) is 2.11. The van der Waals surface area contributed by atoms with Gasteiger partial charge in [-0.15, -0.1) is 0 Å². The fourth-order valence-electron chi connectivity index (χ4n) is 1.83. The lowest BCUT2D eigenvalue weighted by Gasteiger charge is -2.31. The molecular weight excluding hydrogens is 138 g/mol. The first-order chi connectivity index (χ1) is 5.33. The normalized spacial score (nSPS) is 22.3. The van der Waals surface area contributed by atoms with Crippen LogP contribution in [0.15, 0.2) is 5.11 Å². The van der Waals surface area contributed by atoms with E-state index >= 15 is 0 Å². The third kappa shape index (κ3) is 1.87. The van der Waals surface area contributed by atoms with Crippen molar-refractivity contribution in [3.8, 4) is 0 Å². The Morgan fingerprint density at radius 1 is 1.36 bits per heavy atom. The molecule has 0 bridgehead atoms. The van der Waals surface area contributed by atoms with Gasteiger partial charge in [-0.2, -0.15) is 0 Å². The minimum absolute atomic E-state index is 0.0208. The molecule has 1 saturated carbocycles. The van der Waals surface area contributed by atoms with Crippen molar-refractivity contribution < 1.29 is 0 Å². The molecule has 0 saturated heterocycles. The number of azide groups is 1. The third-order valence-electron chi connectivity index (χ3n) is 2.70. The van der Waals surface area contributed by atoms with Gasteiger partial charge in [0.1, 0.15) is 0 Å². The minimum Gasteiger partial charge on any atom is -0.0873 e. The molecule has 1 rings (SSSR count). The maximum atomic E-state index is 8.37. The Morgan fingerprint density at radius 2 is 2.00 bits per heavy atom. The lowest BCUT2D eigenvalue weighted by atomic mass is 9.81. The molecule has 0 amide bonds. The van der Waals surface area contributed by atoms with Crippen molar-refractivity contribution in [1.29, 1.82) is 0 Å². The molecule has 62 valence electrons. The van der Waals surface area contributed by atoms with E-state index in [4.69, 9.17) is 5.53 Å². The van der Waals surface area contributed by atoms with E-state index in [1.54, 1.807) is 0 Å². The van der Waals surface area contributed by atoms with Crippen LogP contribution in [0.25, 0.3) is 10.4 Å². The van der Waals surface area contributed by atoms with Gasteiger partial charge < -0.3 is 0 Å². The monoisotopic (exact) mass is 153 g/mol. The molecule has 3 heteroatoms. The standard InChI is InChI=1S/C8H15N3/c1-2-8(10-11-9)6-4-3-5-7-8/h2-7H2,1H3. The van der Waals surface area contributed by atoms with Gasteiger partial charge in [0.25, 0.3) is 0 Å². The molecule has 0 spiro atoms. The van der Waals surface area contributed by atoms with Crippen molar-refractivity contribution in [3.05, 3.63) is 10.4 Å². The van der Waals surface area contributed by atoms with Gasteiger partial charge >= 0.3 is 0 Å². The van der Waals surface area contributed by atoms with Crippen molar-refractivity contribution in [2.24, 2.45) is 5.11 Å². The van der Waals surface area contributed by atoms with Crippen LogP contribution >= 0.6 is 0 Å². The Kier molecular flexibility index (Phi) is 2.77. The van der Waals surface area contributed by atoms with E-state index in [0.717, 1.165) is 19.3 Å². The molecule has 0 N–H and O–H groups in total. The second-order valence-electron chi connectivity index (χ2n) is 3.33. The second kappa shape index (κ2) is 3.63. The van der Waals surface area contributed by atoms with Crippen LogP contribution in [0, 0.1) is 0 Å². The number of nitrogens with zero attached hydrogens (tertiary/aromatic N) is 3. The molecule has 0 unspecified atom stereocenters. The van der Waals surface area contributed by atoms with Crippen LogP contribution in [0.2, 0.25) is 0 Å². The zero-order chi connectivity index (χ0) is 8.16. The van der Waals surface area contributed by atoms with Crippen molar-refractivity contribution in [2.45, 2.75) is 51.0 Å². The fraction of sp³-hybridized carbons (Fsp3) is 1.00. The van der Waals surface area contributed by atoms with Crippen LogP contribution in [0.4, 0.5) is 0 Å². The van der Waals surface area contributed by atoms with E-state index in [-0.39, 0.29) is 5.54 Å². The average Bonchev–Trinajstić information content (AvgIpc) is 2.07. The minimum atomic E-state index is -0.0208. The highest BCUT2D eigenvalue weighted by Gasteiger charge is 2.28. The van der Waals surface area contributed by atoms with E-state index in [1.165, 1.54) is 19.3 Å². The van der Waals surface area contributed by atoms with E-state index in [9.17, 15) is 0 Å². The first-order valence-electron chi connectivity index (χ1n) is 4.39. The average molecular weight is 153 g/mol. The van der Waals surface area contributed by atoms with Gasteiger partial charge in [0.2, 0.25) is 0 Å². The summed E-state index contributed by atoms with van der Waals surface area (Å²) in [4.78, 5) is 2.93. The van der Waals surface area contributed by atoms with Crippen LogP contribution in [0.3, 0.4) is 0 Å². The topological polar surface area (TPSA) is 48.8 Å². The van der Waals surface area contributed by atoms with E-state index < -0.39 is 0 Å². The maximum Gasteiger partial charge on any atom is 0.0485 e. The van der Waals surface area contributed by atoms with E-state index in [2.05, 4.69) is 16.9 Å². The van der Waals surface area contributed by atoms with Crippen molar-refractivity contribution in [2.75, 3.05) is 0 Å². The highest BCUT2D eigenvalue weighted by atomic mass is 15.2. The molecule has 1 aliphatic rings. The lowest BCUT2D eigenvalue weighted by Crippen LogP contribution is -2.27. The molecule has 1 fully saturated rings. The van der Waals surface area contributed by atoms with Crippen LogP contribution in [0.1, 0.15) is 45.4 Å². The van der Waals surface area contributed by atoms with Gasteiger partial charge in [-0.25, -0.2) is 0 Å². The van der Waals surface area contributed by atoms with Crippen LogP contribution in [-0.2, 0) is 0 Å². The summed E-state index contributed by atoms with van der Waals surface area (Å²) in [5.74, 6) is 0. The Morgan fingerprint density at radius 3 is 2.45 bits per heavy atom. The second-order valence-corrected chi connectivity index (χ2v) is 3.33. The molecule has 0 aromatic heterocycles. The lowest BCUT2D eigenvalue weighted by molar-refractivity contribution is 0.287. The number of rotatable bonds is 2. The molecule has 0 aromatic rings. The largest absolute Gasteiger partial charge is 0.0873 e. The van der Waals surface area contributed by atoms with E-state index in [0.29, 0.717) is 0 Å².